The molecule has 0 unspecified atom stereocenters. The van der Waals surface area contributed by atoms with Crippen molar-refractivity contribution in [3.8, 4) is 0 Å². The third-order valence-corrected chi connectivity index (χ3v) is 9.56. The first-order valence-corrected chi connectivity index (χ1v) is 15.6. The smallest absolute Gasteiger partial charge is 0.242 e. The Morgan fingerprint density at radius 3 is 1.83 bits per heavy atom. The van der Waals surface area contributed by atoms with Crippen molar-refractivity contribution in [2.75, 3.05) is 26.2 Å². The maximum Gasteiger partial charge on any atom is 0.242 e. The van der Waals surface area contributed by atoms with E-state index in [4.69, 9.17) is 0 Å². The van der Waals surface area contributed by atoms with Crippen LogP contribution in [0.15, 0.2) is 126 Å². The monoisotopic (exact) mass is 563 g/mol. The second-order valence-electron chi connectivity index (χ2n) is 10.5. The number of hydrogen-bond acceptors (Lipinski definition) is 4. The Balaban J connectivity index is 1.19. The highest BCUT2D eigenvalue weighted by atomic mass is 32.2. The van der Waals surface area contributed by atoms with Crippen molar-refractivity contribution in [2.45, 2.75) is 23.2 Å². The molecule has 7 heteroatoms. The largest absolute Gasteiger partial charge is 0.339 e. The van der Waals surface area contributed by atoms with E-state index < -0.39 is 9.84 Å². The Hall–Kier alpha value is -4.20. The van der Waals surface area contributed by atoms with Crippen LogP contribution < -0.4 is 0 Å². The predicted octanol–water partition coefficient (Wildman–Crippen LogP) is 5.55. The highest BCUT2D eigenvalue weighted by Gasteiger charge is 2.29. The number of sulfone groups is 1. The molecule has 2 heterocycles. The molecule has 6 nitrogen and oxygen atoms in total. The number of nitrogens with zero attached hydrogens (tertiary/aromatic N) is 3. The van der Waals surface area contributed by atoms with Crippen molar-refractivity contribution >= 4 is 26.6 Å². The molecule has 1 fully saturated rings. The molecule has 6 rings (SSSR count). The second kappa shape index (κ2) is 11.7. The normalized spacial score (nSPS) is 14.5. The standard InChI is InChI=1S/C34H33N3O3S/c38-33(35-20-22-36(23-21-35)34(28-14-6-2-7-15-28)29-16-8-3-9-17-29)25-37-24-32(30-18-10-11-19-31(30)37)41(39,40)26-27-12-4-1-5-13-27/h1-19,24,34H,20-23,25-26H2. The van der Waals surface area contributed by atoms with Crippen molar-refractivity contribution in [1.29, 1.82) is 0 Å². The third-order valence-electron chi connectivity index (χ3n) is 7.85. The first kappa shape index (κ1) is 27.0. The van der Waals surface area contributed by atoms with E-state index in [1.54, 1.807) is 10.8 Å². The van der Waals surface area contributed by atoms with Crippen LogP contribution in [0.25, 0.3) is 10.9 Å². The fourth-order valence-electron chi connectivity index (χ4n) is 5.82. The van der Waals surface area contributed by atoms with Gasteiger partial charge in [-0.2, -0.15) is 0 Å². The van der Waals surface area contributed by atoms with E-state index in [-0.39, 0.29) is 29.1 Å². The van der Waals surface area contributed by atoms with E-state index >= 15 is 0 Å². The number of rotatable bonds is 8. The van der Waals surface area contributed by atoms with Crippen LogP contribution in [0.4, 0.5) is 0 Å². The highest BCUT2D eigenvalue weighted by Crippen LogP contribution is 2.31. The lowest BCUT2D eigenvalue weighted by Crippen LogP contribution is -2.50. The summed E-state index contributed by atoms with van der Waals surface area (Å²) in [6.45, 7) is 2.84. The zero-order valence-corrected chi connectivity index (χ0v) is 23.7. The first-order valence-electron chi connectivity index (χ1n) is 14.0. The number of fused-ring (bicyclic) bond motifs is 1. The number of amides is 1. The Morgan fingerprint density at radius 1 is 0.683 bits per heavy atom. The fraction of sp³-hybridized carbons (Fsp3) is 0.206. The minimum Gasteiger partial charge on any atom is -0.339 e. The third kappa shape index (κ3) is 5.82. The van der Waals surface area contributed by atoms with Gasteiger partial charge in [-0.3, -0.25) is 9.69 Å². The number of aromatic nitrogens is 1. The molecule has 1 amide bonds. The van der Waals surface area contributed by atoms with Gasteiger partial charge in [0.05, 0.1) is 16.7 Å². The van der Waals surface area contributed by atoms with Crippen molar-refractivity contribution < 1.29 is 13.2 Å². The van der Waals surface area contributed by atoms with E-state index in [9.17, 15) is 13.2 Å². The minimum absolute atomic E-state index is 0.00613. The lowest BCUT2D eigenvalue weighted by atomic mass is 9.96. The van der Waals surface area contributed by atoms with Crippen molar-refractivity contribution in [2.24, 2.45) is 0 Å². The predicted molar refractivity (Wildman–Crippen MR) is 162 cm³/mol. The molecular weight excluding hydrogens is 530 g/mol. The fourth-order valence-corrected chi connectivity index (χ4v) is 7.41. The average molecular weight is 564 g/mol. The molecule has 41 heavy (non-hydrogen) atoms. The van der Waals surface area contributed by atoms with Crippen molar-refractivity contribution in [3.63, 3.8) is 0 Å². The Morgan fingerprint density at radius 2 is 1.22 bits per heavy atom. The summed E-state index contributed by atoms with van der Waals surface area (Å²) >= 11 is 0. The highest BCUT2D eigenvalue weighted by molar-refractivity contribution is 7.90. The molecule has 1 saturated heterocycles. The maximum absolute atomic E-state index is 13.5. The molecule has 4 aromatic carbocycles. The van der Waals surface area contributed by atoms with Crippen LogP contribution in [-0.2, 0) is 26.9 Å². The molecule has 1 aliphatic heterocycles. The van der Waals surface area contributed by atoms with E-state index in [1.165, 1.54) is 11.1 Å². The van der Waals surface area contributed by atoms with Gasteiger partial charge in [0.15, 0.2) is 9.84 Å². The molecular formula is C34H33N3O3S. The van der Waals surface area contributed by atoms with Crippen LogP contribution in [0, 0.1) is 0 Å². The number of benzene rings is 4. The lowest BCUT2D eigenvalue weighted by molar-refractivity contribution is -0.133. The number of piperazine rings is 1. The van der Waals surface area contributed by atoms with Gasteiger partial charge in [-0.25, -0.2) is 8.42 Å². The van der Waals surface area contributed by atoms with Crippen LogP contribution in [0.5, 0.6) is 0 Å². The molecule has 1 aromatic heterocycles. The van der Waals surface area contributed by atoms with Gasteiger partial charge in [-0.15, -0.1) is 0 Å². The number of hydrogen-bond donors (Lipinski definition) is 0. The van der Waals surface area contributed by atoms with Crippen LogP contribution in [0.1, 0.15) is 22.7 Å². The van der Waals surface area contributed by atoms with Gasteiger partial charge in [0.25, 0.3) is 0 Å². The van der Waals surface area contributed by atoms with E-state index in [1.807, 2.05) is 71.6 Å². The summed E-state index contributed by atoms with van der Waals surface area (Å²) in [6.07, 6.45) is 1.64. The molecule has 208 valence electrons. The topological polar surface area (TPSA) is 62.6 Å². The summed E-state index contributed by atoms with van der Waals surface area (Å²) in [5, 5.41) is 0.648. The Labute approximate surface area is 241 Å². The van der Waals surface area contributed by atoms with Gasteiger partial charge < -0.3 is 9.47 Å². The molecule has 0 aliphatic carbocycles. The molecule has 0 spiro atoms. The zero-order chi connectivity index (χ0) is 28.2. The van der Waals surface area contributed by atoms with E-state index in [0.717, 1.165) is 24.2 Å². The van der Waals surface area contributed by atoms with Gasteiger partial charge >= 0.3 is 0 Å². The molecule has 1 aliphatic rings. The maximum atomic E-state index is 13.5. The van der Waals surface area contributed by atoms with Crippen LogP contribution >= 0.6 is 0 Å². The summed E-state index contributed by atoms with van der Waals surface area (Å²) in [5.74, 6) is -0.0877. The number of para-hydroxylation sites is 1. The number of carbonyl (C=O) groups excluding carboxylic acids is 1. The molecule has 0 N–H and O–H groups in total. The minimum atomic E-state index is -3.60. The Bertz CT molecular complexity index is 1690. The number of carbonyl (C=O) groups is 1. The van der Waals surface area contributed by atoms with Crippen LogP contribution in [-0.4, -0.2) is 54.9 Å². The lowest BCUT2D eigenvalue weighted by Gasteiger charge is -2.40. The van der Waals surface area contributed by atoms with Gasteiger partial charge in [0, 0.05) is 43.3 Å². The van der Waals surface area contributed by atoms with Crippen LogP contribution in [0.3, 0.4) is 0 Å². The molecule has 0 atom stereocenters. The quantitative estimate of drug-likeness (QED) is 0.248. The summed E-state index contributed by atoms with van der Waals surface area (Å²) < 4.78 is 28.7. The SMILES string of the molecule is O=C(Cn1cc(S(=O)(=O)Cc2ccccc2)c2ccccc21)N1CCN(C(c2ccccc2)c2ccccc2)CC1. The van der Waals surface area contributed by atoms with Crippen molar-refractivity contribution in [3.05, 3.63) is 138 Å². The molecule has 0 radical (unpaired) electrons. The second-order valence-corrected chi connectivity index (χ2v) is 12.5. The Kier molecular flexibility index (Phi) is 7.72. The summed E-state index contributed by atoms with van der Waals surface area (Å²) in [6, 6.07) is 37.7. The van der Waals surface area contributed by atoms with Gasteiger partial charge in [-0.05, 0) is 22.8 Å². The van der Waals surface area contributed by atoms with E-state index in [0.29, 0.717) is 18.5 Å². The first-order chi connectivity index (χ1) is 20.0. The summed E-state index contributed by atoms with van der Waals surface area (Å²) in [7, 11) is -3.60. The van der Waals surface area contributed by atoms with Crippen LogP contribution in [0.2, 0.25) is 0 Å². The van der Waals surface area contributed by atoms with Crippen molar-refractivity contribution in [1.82, 2.24) is 14.4 Å². The van der Waals surface area contributed by atoms with Gasteiger partial charge in [0.2, 0.25) is 5.91 Å². The molecule has 5 aromatic rings. The molecule has 0 saturated carbocycles. The van der Waals surface area contributed by atoms with Gasteiger partial charge in [0.1, 0.15) is 6.54 Å². The average Bonchev–Trinajstić information content (AvgIpc) is 3.38. The summed E-state index contributed by atoms with van der Waals surface area (Å²) in [4.78, 5) is 18.1. The molecule has 0 bridgehead atoms. The summed E-state index contributed by atoms with van der Waals surface area (Å²) in [5.41, 5.74) is 3.96. The van der Waals surface area contributed by atoms with E-state index in [2.05, 4.69) is 53.4 Å². The zero-order valence-electron chi connectivity index (χ0n) is 22.8. The van der Waals surface area contributed by atoms with Gasteiger partial charge in [-0.1, -0.05) is 109 Å².